The first kappa shape index (κ1) is 25.6. The number of aromatic nitrogens is 2. The number of ether oxygens (including phenoxy) is 2. The molecule has 36 heavy (non-hydrogen) atoms. The maximum absolute atomic E-state index is 12.0. The van der Waals surface area contributed by atoms with E-state index < -0.39 is 17.5 Å². The molecule has 0 bridgehead atoms. The van der Waals surface area contributed by atoms with Crippen molar-refractivity contribution in [3.8, 4) is 16.9 Å². The normalized spacial score (nSPS) is 19.7. The lowest BCUT2D eigenvalue weighted by Gasteiger charge is -2.37. The average Bonchev–Trinajstić information content (AvgIpc) is 3.34. The van der Waals surface area contributed by atoms with E-state index in [1.54, 1.807) is 7.11 Å². The highest BCUT2D eigenvalue weighted by atomic mass is 16.5. The number of hydrogen-bond acceptors (Lipinski definition) is 6. The molecule has 0 saturated heterocycles. The molecular weight excluding hydrogens is 460 g/mol. The number of carbonyl (C=O) groups excluding carboxylic acids is 1. The lowest BCUT2D eigenvalue weighted by molar-refractivity contribution is -0.157. The van der Waals surface area contributed by atoms with Gasteiger partial charge >= 0.3 is 11.9 Å². The quantitative estimate of drug-likeness (QED) is 0.422. The molecule has 1 aliphatic carbocycles. The monoisotopic (exact) mass is 492 g/mol. The Kier molecular flexibility index (Phi) is 7.86. The van der Waals surface area contributed by atoms with E-state index in [0.717, 1.165) is 28.2 Å². The minimum Gasteiger partial charge on any atom is -0.481 e. The predicted octanol–water partition coefficient (Wildman–Crippen LogP) is 4.53. The van der Waals surface area contributed by atoms with E-state index >= 15 is 0 Å². The molecule has 1 aromatic heterocycles. The third-order valence-electron chi connectivity index (χ3n) is 6.86. The summed E-state index contributed by atoms with van der Waals surface area (Å²) < 4.78 is 13.5. The lowest BCUT2D eigenvalue weighted by Crippen LogP contribution is -2.37. The molecular formula is C28H32N2O6. The van der Waals surface area contributed by atoms with Crippen molar-refractivity contribution in [2.75, 3.05) is 7.11 Å². The minimum atomic E-state index is -1.01. The first-order valence-electron chi connectivity index (χ1n) is 12.2. The van der Waals surface area contributed by atoms with Crippen molar-refractivity contribution in [2.45, 2.75) is 63.8 Å². The fourth-order valence-corrected chi connectivity index (χ4v) is 4.67. The van der Waals surface area contributed by atoms with E-state index in [2.05, 4.69) is 30.3 Å². The summed E-state index contributed by atoms with van der Waals surface area (Å²) in [6, 6.07) is 18.0. The van der Waals surface area contributed by atoms with Gasteiger partial charge in [0.05, 0.1) is 36.5 Å². The molecule has 1 saturated carbocycles. The number of carboxylic acids is 1. The van der Waals surface area contributed by atoms with E-state index in [9.17, 15) is 14.7 Å². The number of aliphatic carboxylic acids is 1. The highest BCUT2D eigenvalue weighted by Crippen LogP contribution is 2.42. The minimum absolute atomic E-state index is 0.0235. The summed E-state index contributed by atoms with van der Waals surface area (Å²) >= 11 is 0. The van der Waals surface area contributed by atoms with Crippen LogP contribution < -0.4 is 0 Å². The summed E-state index contributed by atoms with van der Waals surface area (Å²) in [6.07, 6.45) is 1.82. The number of aliphatic hydroxyl groups is 1. The molecule has 3 aromatic rings. The van der Waals surface area contributed by atoms with Crippen LogP contribution >= 0.6 is 0 Å². The molecule has 8 nitrogen and oxygen atoms in total. The van der Waals surface area contributed by atoms with E-state index in [-0.39, 0.29) is 25.6 Å². The van der Waals surface area contributed by atoms with E-state index in [4.69, 9.17) is 19.7 Å². The molecule has 0 atom stereocenters. The van der Waals surface area contributed by atoms with Crippen molar-refractivity contribution in [1.82, 2.24) is 9.78 Å². The third-order valence-corrected chi connectivity index (χ3v) is 6.86. The maximum atomic E-state index is 12.0. The molecule has 0 unspecified atom stereocenters. The molecule has 0 spiro atoms. The van der Waals surface area contributed by atoms with Crippen molar-refractivity contribution in [2.24, 2.45) is 0 Å². The van der Waals surface area contributed by atoms with Gasteiger partial charge in [-0.15, -0.1) is 0 Å². The summed E-state index contributed by atoms with van der Waals surface area (Å²) in [6.45, 7) is 2.03. The zero-order valence-corrected chi connectivity index (χ0v) is 20.6. The van der Waals surface area contributed by atoms with Gasteiger partial charge in [0.25, 0.3) is 0 Å². The Morgan fingerprint density at radius 2 is 1.72 bits per heavy atom. The van der Waals surface area contributed by atoms with Crippen LogP contribution in [0.25, 0.3) is 16.9 Å². The van der Waals surface area contributed by atoms with Gasteiger partial charge in [0.2, 0.25) is 0 Å². The van der Waals surface area contributed by atoms with Gasteiger partial charge in [0, 0.05) is 12.7 Å². The molecule has 2 aromatic carbocycles. The van der Waals surface area contributed by atoms with Gasteiger partial charge in [-0.05, 0) is 56.4 Å². The molecule has 0 aliphatic heterocycles. The summed E-state index contributed by atoms with van der Waals surface area (Å²) in [5.74, 6) is -1.50. The SMILES string of the molecule is COC1(c2cc(-c3ccc(C)cc3)n(-c3ccc(CO)cc3)n2)CCC(OC(=O)CCC(=O)O)CC1. The number of benzene rings is 2. The highest BCUT2D eigenvalue weighted by Gasteiger charge is 2.40. The zero-order valence-electron chi connectivity index (χ0n) is 20.6. The smallest absolute Gasteiger partial charge is 0.306 e. The second-order valence-corrected chi connectivity index (χ2v) is 9.30. The third kappa shape index (κ3) is 5.66. The van der Waals surface area contributed by atoms with Crippen LogP contribution in [0, 0.1) is 6.92 Å². The van der Waals surface area contributed by atoms with E-state index in [1.807, 2.05) is 35.9 Å². The highest BCUT2D eigenvalue weighted by molar-refractivity contribution is 5.76. The van der Waals surface area contributed by atoms with Crippen molar-refractivity contribution >= 4 is 11.9 Å². The Hall–Kier alpha value is -3.49. The van der Waals surface area contributed by atoms with Gasteiger partial charge < -0.3 is 19.7 Å². The average molecular weight is 493 g/mol. The van der Waals surface area contributed by atoms with E-state index in [1.165, 1.54) is 5.56 Å². The van der Waals surface area contributed by atoms with Gasteiger partial charge in [-0.2, -0.15) is 5.10 Å². The predicted molar refractivity (Wildman–Crippen MR) is 134 cm³/mol. The number of aliphatic hydroxyl groups excluding tert-OH is 1. The summed E-state index contributed by atoms with van der Waals surface area (Å²) in [7, 11) is 1.68. The number of rotatable bonds is 9. The van der Waals surface area contributed by atoms with Gasteiger partial charge in [0.1, 0.15) is 11.7 Å². The summed E-state index contributed by atoms with van der Waals surface area (Å²) in [5, 5.41) is 23.2. The number of esters is 1. The van der Waals surface area contributed by atoms with Crippen LogP contribution in [0.4, 0.5) is 0 Å². The van der Waals surface area contributed by atoms with Crippen LogP contribution in [0.2, 0.25) is 0 Å². The molecule has 190 valence electrons. The first-order chi connectivity index (χ1) is 17.3. The lowest BCUT2D eigenvalue weighted by atomic mass is 9.80. The zero-order chi connectivity index (χ0) is 25.7. The Labute approximate surface area is 210 Å². The van der Waals surface area contributed by atoms with E-state index in [0.29, 0.717) is 25.7 Å². The Morgan fingerprint density at radius 1 is 1.06 bits per heavy atom. The van der Waals surface area contributed by atoms with Crippen LogP contribution in [0.3, 0.4) is 0 Å². The fourth-order valence-electron chi connectivity index (χ4n) is 4.67. The standard InChI is InChI=1S/C28H32N2O6/c1-19-3-7-21(8-4-19)24-17-25(29-30(24)22-9-5-20(18-31)6-10-22)28(35-2)15-13-23(14-16-28)36-27(34)12-11-26(32)33/h3-10,17,23,31H,11-16,18H2,1-2H3,(H,32,33). The molecule has 1 fully saturated rings. The topological polar surface area (TPSA) is 111 Å². The largest absolute Gasteiger partial charge is 0.481 e. The molecule has 0 radical (unpaired) electrons. The van der Waals surface area contributed by atoms with Gasteiger partial charge in [-0.25, -0.2) is 4.68 Å². The number of carboxylic acid groups (broad SMARTS) is 1. The van der Waals surface area contributed by atoms with Crippen LogP contribution in [0.15, 0.2) is 54.6 Å². The second-order valence-electron chi connectivity index (χ2n) is 9.30. The van der Waals surface area contributed by atoms with Crippen molar-refractivity contribution in [1.29, 1.82) is 0 Å². The number of carbonyl (C=O) groups is 2. The van der Waals surface area contributed by atoms with Gasteiger partial charge in [-0.3, -0.25) is 9.59 Å². The van der Waals surface area contributed by atoms with Gasteiger partial charge in [0.15, 0.2) is 0 Å². The van der Waals surface area contributed by atoms with Crippen molar-refractivity contribution in [3.63, 3.8) is 0 Å². The Morgan fingerprint density at radius 3 is 2.31 bits per heavy atom. The maximum Gasteiger partial charge on any atom is 0.306 e. The van der Waals surface area contributed by atoms with Crippen LogP contribution in [0.1, 0.15) is 55.3 Å². The van der Waals surface area contributed by atoms with Crippen molar-refractivity contribution < 1.29 is 29.3 Å². The van der Waals surface area contributed by atoms with Crippen LogP contribution in [0.5, 0.6) is 0 Å². The number of methoxy groups -OCH3 is 1. The first-order valence-corrected chi connectivity index (χ1v) is 12.2. The summed E-state index contributed by atoms with van der Waals surface area (Å²) in [4.78, 5) is 22.7. The molecule has 8 heteroatoms. The molecule has 0 amide bonds. The van der Waals surface area contributed by atoms with Crippen LogP contribution in [-0.2, 0) is 31.3 Å². The number of hydrogen-bond donors (Lipinski definition) is 2. The molecule has 1 heterocycles. The van der Waals surface area contributed by atoms with Crippen LogP contribution in [-0.4, -0.2) is 45.1 Å². The van der Waals surface area contributed by atoms with Gasteiger partial charge in [-0.1, -0.05) is 42.0 Å². The summed E-state index contributed by atoms with van der Waals surface area (Å²) in [5.41, 5.74) is 5.01. The molecule has 2 N–H and O–H groups in total. The fraction of sp³-hybridized carbons (Fsp3) is 0.393. The molecule has 1 aliphatic rings. The Balaban J connectivity index is 1.61. The number of nitrogens with zero attached hydrogens (tertiary/aromatic N) is 2. The Bertz CT molecular complexity index is 1190. The number of aryl methyl sites for hydroxylation is 1. The second kappa shape index (κ2) is 11.1. The molecule has 4 rings (SSSR count). The van der Waals surface area contributed by atoms with Crippen molar-refractivity contribution in [3.05, 3.63) is 71.4 Å².